The minimum atomic E-state index is -0.839. The number of benzene rings is 1. The van der Waals surface area contributed by atoms with E-state index in [0.717, 1.165) is 23.4 Å². The molecule has 0 fully saturated rings. The lowest BCUT2D eigenvalue weighted by atomic mass is 10.1. The van der Waals surface area contributed by atoms with Crippen molar-refractivity contribution in [1.29, 1.82) is 0 Å². The molecule has 1 N–H and O–H groups in total. The average Bonchev–Trinajstić information content (AvgIpc) is 2.41. The summed E-state index contributed by atoms with van der Waals surface area (Å²) in [5, 5.41) is 2.88. The first-order chi connectivity index (χ1) is 9.80. The quantitative estimate of drug-likeness (QED) is 0.828. The number of hydrogen-bond donors (Lipinski definition) is 1. The van der Waals surface area contributed by atoms with Crippen LogP contribution in [0, 0.1) is 6.92 Å². The summed E-state index contributed by atoms with van der Waals surface area (Å²) in [6.07, 6.45) is 1.14. The lowest BCUT2D eigenvalue weighted by molar-refractivity contribution is -0.136. The van der Waals surface area contributed by atoms with E-state index in [0.29, 0.717) is 6.61 Å². The van der Waals surface area contributed by atoms with Gasteiger partial charge in [0.05, 0.1) is 6.10 Å². The Morgan fingerprint density at radius 1 is 1.33 bits per heavy atom. The molecule has 0 radical (unpaired) electrons. The van der Waals surface area contributed by atoms with Crippen LogP contribution in [0.15, 0.2) is 18.2 Å². The van der Waals surface area contributed by atoms with E-state index in [1.54, 1.807) is 13.8 Å². The molecule has 0 unspecified atom stereocenters. The summed E-state index contributed by atoms with van der Waals surface area (Å²) in [6, 6.07) is 5.66. The van der Waals surface area contributed by atoms with Gasteiger partial charge in [-0.15, -0.1) is 0 Å². The van der Waals surface area contributed by atoms with E-state index >= 15 is 0 Å². The second-order valence-corrected chi connectivity index (χ2v) is 5.71. The van der Waals surface area contributed by atoms with Crippen molar-refractivity contribution in [3.63, 3.8) is 0 Å². The van der Waals surface area contributed by atoms with Gasteiger partial charge in [-0.1, -0.05) is 6.92 Å². The summed E-state index contributed by atoms with van der Waals surface area (Å²) >= 11 is 0. The van der Waals surface area contributed by atoms with E-state index in [-0.39, 0.29) is 12.0 Å². The van der Waals surface area contributed by atoms with Gasteiger partial charge in [-0.3, -0.25) is 4.79 Å². The SMILES string of the molecule is CCOC(C)(C)C(=O)Nc1ccc(O[C@@H](C)CC)c(C)c1. The average molecular weight is 293 g/mol. The largest absolute Gasteiger partial charge is 0.490 e. The molecule has 0 saturated heterocycles. The molecule has 0 saturated carbocycles. The number of amides is 1. The van der Waals surface area contributed by atoms with Gasteiger partial charge in [0.15, 0.2) is 0 Å². The highest BCUT2D eigenvalue weighted by Gasteiger charge is 2.28. The fourth-order valence-electron chi connectivity index (χ4n) is 1.87. The van der Waals surface area contributed by atoms with E-state index in [1.807, 2.05) is 39.0 Å². The van der Waals surface area contributed by atoms with Gasteiger partial charge in [-0.25, -0.2) is 0 Å². The van der Waals surface area contributed by atoms with Crippen molar-refractivity contribution in [3.8, 4) is 5.75 Å². The Balaban J connectivity index is 2.78. The lowest BCUT2D eigenvalue weighted by Crippen LogP contribution is -2.39. The Morgan fingerprint density at radius 3 is 2.52 bits per heavy atom. The predicted molar refractivity (Wildman–Crippen MR) is 85.9 cm³/mol. The number of carbonyl (C=O) groups is 1. The molecular weight excluding hydrogens is 266 g/mol. The molecular formula is C17H27NO3. The van der Waals surface area contributed by atoms with Crippen LogP contribution in [0.4, 0.5) is 5.69 Å². The maximum absolute atomic E-state index is 12.2. The summed E-state index contributed by atoms with van der Waals surface area (Å²) in [4.78, 5) is 12.2. The molecule has 21 heavy (non-hydrogen) atoms. The number of aryl methyl sites for hydroxylation is 1. The fraction of sp³-hybridized carbons (Fsp3) is 0.588. The van der Waals surface area contributed by atoms with Crippen LogP contribution in [-0.4, -0.2) is 24.2 Å². The monoisotopic (exact) mass is 293 g/mol. The lowest BCUT2D eigenvalue weighted by Gasteiger charge is -2.23. The highest BCUT2D eigenvalue weighted by atomic mass is 16.5. The molecule has 0 bridgehead atoms. The zero-order valence-electron chi connectivity index (χ0n) is 13.9. The highest BCUT2D eigenvalue weighted by molar-refractivity contribution is 5.96. The number of nitrogens with one attached hydrogen (secondary N) is 1. The molecule has 0 aliphatic rings. The van der Waals surface area contributed by atoms with Crippen LogP contribution in [0.1, 0.15) is 46.6 Å². The van der Waals surface area contributed by atoms with Gasteiger partial charge in [0, 0.05) is 12.3 Å². The van der Waals surface area contributed by atoms with E-state index in [2.05, 4.69) is 12.2 Å². The molecule has 0 aliphatic heterocycles. The molecule has 1 amide bonds. The molecule has 1 aromatic carbocycles. The molecule has 1 aromatic rings. The number of carbonyl (C=O) groups excluding carboxylic acids is 1. The van der Waals surface area contributed by atoms with Crippen LogP contribution in [0.2, 0.25) is 0 Å². The maximum atomic E-state index is 12.2. The van der Waals surface area contributed by atoms with Crippen LogP contribution in [-0.2, 0) is 9.53 Å². The first-order valence-corrected chi connectivity index (χ1v) is 7.52. The van der Waals surface area contributed by atoms with Gasteiger partial charge in [-0.2, -0.15) is 0 Å². The van der Waals surface area contributed by atoms with Crippen LogP contribution in [0.3, 0.4) is 0 Å². The van der Waals surface area contributed by atoms with Crippen molar-refractivity contribution < 1.29 is 14.3 Å². The van der Waals surface area contributed by atoms with Gasteiger partial charge in [0.25, 0.3) is 5.91 Å². The summed E-state index contributed by atoms with van der Waals surface area (Å²) in [5.74, 6) is 0.700. The van der Waals surface area contributed by atoms with Crippen LogP contribution < -0.4 is 10.1 Å². The zero-order chi connectivity index (χ0) is 16.0. The van der Waals surface area contributed by atoms with Crippen LogP contribution >= 0.6 is 0 Å². The molecule has 1 atom stereocenters. The predicted octanol–water partition coefficient (Wildman–Crippen LogP) is 3.93. The number of anilines is 1. The van der Waals surface area contributed by atoms with Crippen LogP contribution in [0.5, 0.6) is 5.75 Å². The van der Waals surface area contributed by atoms with E-state index in [9.17, 15) is 4.79 Å². The van der Waals surface area contributed by atoms with Crippen LogP contribution in [0.25, 0.3) is 0 Å². The molecule has 4 nitrogen and oxygen atoms in total. The second kappa shape index (κ2) is 7.46. The van der Waals surface area contributed by atoms with Crippen molar-refractivity contribution in [2.45, 2.75) is 59.7 Å². The molecule has 0 aromatic heterocycles. The van der Waals surface area contributed by atoms with Crippen molar-refractivity contribution >= 4 is 11.6 Å². The third-order valence-corrected chi connectivity index (χ3v) is 3.39. The summed E-state index contributed by atoms with van der Waals surface area (Å²) in [6.45, 7) is 12.0. The molecule has 1 rings (SSSR count). The second-order valence-electron chi connectivity index (χ2n) is 5.71. The molecule has 118 valence electrons. The first kappa shape index (κ1) is 17.5. The highest BCUT2D eigenvalue weighted by Crippen LogP contribution is 2.24. The zero-order valence-corrected chi connectivity index (χ0v) is 13.9. The molecule has 4 heteroatoms. The van der Waals surface area contributed by atoms with Crippen molar-refractivity contribution in [3.05, 3.63) is 23.8 Å². The van der Waals surface area contributed by atoms with Gasteiger partial charge in [-0.05, 0) is 64.8 Å². The van der Waals surface area contributed by atoms with E-state index < -0.39 is 5.60 Å². The topological polar surface area (TPSA) is 47.6 Å². The van der Waals surface area contributed by atoms with Gasteiger partial charge >= 0.3 is 0 Å². The van der Waals surface area contributed by atoms with Gasteiger partial charge < -0.3 is 14.8 Å². The fourth-order valence-corrected chi connectivity index (χ4v) is 1.87. The van der Waals surface area contributed by atoms with E-state index in [4.69, 9.17) is 9.47 Å². The number of hydrogen-bond acceptors (Lipinski definition) is 3. The third-order valence-electron chi connectivity index (χ3n) is 3.39. The third kappa shape index (κ3) is 5.05. The molecule has 0 spiro atoms. The Labute approximate surface area is 127 Å². The minimum Gasteiger partial charge on any atom is -0.490 e. The maximum Gasteiger partial charge on any atom is 0.256 e. The van der Waals surface area contributed by atoms with Gasteiger partial charge in [0.2, 0.25) is 0 Å². The van der Waals surface area contributed by atoms with Crippen molar-refractivity contribution in [1.82, 2.24) is 0 Å². The van der Waals surface area contributed by atoms with E-state index in [1.165, 1.54) is 0 Å². The molecule has 0 heterocycles. The minimum absolute atomic E-state index is 0.153. The van der Waals surface area contributed by atoms with Crippen molar-refractivity contribution in [2.75, 3.05) is 11.9 Å². The Kier molecular flexibility index (Phi) is 6.21. The standard InChI is InChI=1S/C17H27NO3/c1-7-13(4)21-15-10-9-14(11-12(15)3)18-16(19)17(5,6)20-8-2/h9-11,13H,7-8H2,1-6H3,(H,18,19)/t13-/m0/s1. The Hall–Kier alpha value is -1.55. The molecule has 0 aliphatic carbocycles. The summed E-state index contributed by atoms with van der Waals surface area (Å²) < 4.78 is 11.3. The number of ether oxygens (including phenoxy) is 2. The van der Waals surface area contributed by atoms with Gasteiger partial charge in [0.1, 0.15) is 11.4 Å². The normalized spacial score (nSPS) is 12.9. The summed E-state index contributed by atoms with van der Waals surface area (Å²) in [7, 11) is 0. The summed E-state index contributed by atoms with van der Waals surface area (Å²) in [5.41, 5.74) is 0.915. The Bertz CT molecular complexity index is 483. The Morgan fingerprint density at radius 2 is 2.00 bits per heavy atom. The number of rotatable bonds is 7. The smallest absolute Gasteiger partial charge is 0.256 e. The first-order valence-electron chi connectivity index (χ1n) is 7.52. The van der Waals surface area contributed by atoms with Crippen molar-refractivity contribution in [2.24, 2.45) is 0 Å².